The van der Waals surface area contributed by atoms with Gasteiger partial charge in [0.05, 0.1) is 4.47 Å². The first-order valence-corrected chi connectivity index (χ1v) is 9.04. The molecule has 3 rings (SSSR count). The van der Waals surface area contributed by atoms with Crippen LogP contribution in [0.2, 0.25) is 0 Å². The molecule has 2 aliphatic carbocycles. The normalized spacial score (nSPS) is 21.9. The second kappa shape index (κ2) is 6.93. The molecule has 20 heavy (non-hydrogen) atoms. The molecular formula is C17H25BrN2. The third kappa shape index (κ3) is 3.19. The largest absolute Gasteiger partial charge is 0.350 e. The fourth-order valence-corrected chi connectivity index (χ4v) is 4.39. The molecule has 0 aliphatic heterocycles. The van der Waals surface area contributed by atoms with Crippen LogP contribution >= 0.6 is 15.9 Å². The summed E-state index contributed by atoms with van der Waals surface area (Å²) in [7, 11) is 0. The lowest BCUT2D eigenvalue weighted by Crippen LogP contribution is -2.46. The van der Waals surface area contributed by atoms with Crippen LogP contribution in [0.15, 0.2) is 22.8 Å². The minimum atomic E-state index is 0.707. The van der Waals surface area contributed by atoms with E-state index in [1.54, 1.807) is 0 Å². The maximum atomic E-state index is 4.71. The van der Waals surface area contributed by atoms with E-state index in [4.69, 9.17) is 4.98 Å². The number of aromatic nitrogens is 1. The van der Waals surface area contributed by atoms with E-state index in [2.05, 4.69) is 26.9 Å². The summed E-state index contributed by atoms with van der Waals surface area (Å²) in [6, 6.07) is 5.57. The first kappa shape index (κ1) is 14.4. The van der Waals surface area contributed by atoms with E-state index in [1.807, 2.05) is 12.3 Å². The van der Waals surface area contributed by atoms with E-state index < -0.39 is 0 Å². The lowest BCUT2D eigenvalue weighted by molar-refractivity contribution is 0.337. The zero-order valence-electron chi connectivity index (χ0n) is 12.2. The molecule has 0 radical (unpaired) electrons. The lowest BCUT2D eigenvalue weighted by Gasteiger charge is -2.43. The number of rotatable bonds is 3. The highest BCUT2D eigenvalue weighted by atomic mass is 79.9. The van der Waals surface area contributed by atoms with E-state index in [0.717, 1.165) is 4.47 Å². The van der Waals surface area contributed by atoms with Gasteiger partial charge in [0, 0.05) is 18.3 Å². The zero-order chi connectivity index (χ0) is 13.8. The Morgan fingerprint density at radius 1 is 0.900 bits per heavy atom. The average Bonchev–Trinajstić information content (AvgIpc) is 2.52. The van der Waals surface area contributed by atoms with Gasteiger partial charge in [-0.15, -0.1) is 0 Å². The van der Waals surface area contributed by atoms with Crippen molar-refractivity contribution in [3.63, 3.8) is 0 Å². The van der Waals surface area contributed by atoms with Crippen LogP contribution in [0, 0.1) is 0 Å². The van der Waals surface area contributed by atoms with Crippen LogP contribution in [-0.2, 0) is 0 Å². The summed E-state index contributed by atoms with van der Waals surface area (Å²) in [6.07, 6.45) is 15.7. The van der Waals surface area contributed by atoms with Crippen LogP contribution in [0.5, 0.6) is 0 Å². The van der Waals surface area contributed by atoms with Crippen LogP contribution in [0.25, 0.3) is 0 Å². The molecule has 2 fully saturated rings. The second-order valence-electron chi connectivity index (χ2n) is 6.30. The summed E-state index contributed by atoms with van der Waals surface area (Å²) < 4.78 is 1.16. The monoisotopic (exact) mass is 336 g/mol. The van der Waals surface area contributed by atoms with Crippen molar-refractivity contribution in [3.8, 4) is 0 Å². The molecule has 3 heteroatoms. The van der Waals surface area contributed by atoms with Crippen molar-refractivity contribution in [2.24, 2.45) is 0 Å². The summed E-state index contributed by atoms with van der Waals surface area (Å²) in [5.41, 5.74) is 0. The van der Waals surface area contributed by atoms with Gasteiger partial charge >= 0.3 is 0 Å². The number of anilines is 1. The van der Waals surface area contributed by atoms with Gasteiger partial charge in [0.25, 0.3) is 0 Å². The Bertz CT molecular complexity index is 405. The molecule has 0 amide bonds. The molecule has 0 saturated heterocycles. The molecule has 0 bridgehead atoms. The number of hydrogen-bond acceptors (Lipinski definition) is 2. The highest BCUT2D eigenvalue weighted by Gasteiger charge is 2.30. The van der Waals surface area contributed by atoms with E-state index in [0.29, 0.717) is 12.1 Å². The molecule has 1 heterocycles. The van der Waals surface area contributed by atoms with Crippen molar-refractivity contribution >= 4 is 21.7 Å². The average molecular weight is 337 g/mol. The van der Waals surface area contributed by atoms with Gasteiger partial charge in [-0.2, -0.15) is 0 Å². The van der Waals surface area contributed by atoms with Gasteiger partial charge in [-0.3, -0.25) is 0 Å². The van der Waals surface area contributed by atoms with Crippen molar-refractivity contribution < 1.29 is 0 Å². The van der Waals surface area contributed by atoms with Crippen LogP contribution in [0.1, 0.15) is 64.2 Å². The van der Waals surface area contributed by atoms with Gasteiger partial charge in [0.15, 0.2) is 0 Å². The summed E-state index contributed by atoms with van der Waals surface area (Å²) in [6.45, 7) is 0. The molecule has 0 spiro atoms. The van der Waals surface area contributed by atoms with Crippen LogP contribution in [0.4, 0.5) is 5.82 Å². The molecule has 2 aliphatic rings. The zero-order valence-corrected chi connectivity index (χ0v) is 13.8. The fraction of sp³-hybridized carbons (Fsp3) is 0.706. The predicted molar refractivity (Wildman–Crippen MR) is 88.2 cm³/mol. The van der Waals surface area contributed by atoms with Gasteiger partial charge in [-0.1, -0.05) is 38.5 Å². The predicted octanol–water partition coefficient (Wildman–Crippen LogP) is 5.32. The van der Waals surface area contributed by atoms with Crippen molar-refractivity contribution in [3.05, 3.63) is 22.8 Å². The number of hydrogen-bond donors (Lipinski definition) is 0. The highest BCUT2D eigenvalue weighted by molar-refractivity contribution is 9.10. The molecule has 0 atom stereocenters. The smallest absolute Gasteiger partial charge is 0.143 e. The first-order chi connectivity index (χ1) is 9.86. The van der Waals surface area contributed by atoms with Crippen molar-refractivity contribution in [1.29, 1.82) is 0 Å². The SMILES string of the molecule is Brc1cccnc1N(C1CCCCC1)C1CCCCC1. The van der Waals surface area contributed by atoms with Crippen LogP contribution < -0.4 is 4.90 Å². The lowest BCUT2D eigenvalue weighted by atomic mass is 9.88. The summed E-state index contributed by atoms with van der Waals surface area (Å²) in [5, 5.41) is 0. The van der Waals surface area contributed by atoms with Crippen LogP contribution in [0.3, 0.4) is 0 Å². The maximum Gasteiger partial charge on any atom is 0.143 e. The molecule has 0 unspecified atom stereocenters. The van der Waals surface area contributed by atoms with Crippen molar-refractivity contribution in [2.45, 2.75) is 76.3 Å². The van der Waals surface area contributed by atoms with Gasteiger partial charge in [0.2, 0.25) is 0 Å². The van der Waals surface area contributed by atoms with Crippen molar-refractivity contribution in [2.75, 3.05) is 4.90 Å². The Morgan fingerprint density at radius 2 is 1.45 bits per heavy atom. The molecule has 1 aromatic heterocycles. The van der Waals surface area contributed by atoms with Crippen molar-refractivity contribution in [1.82, 2.24) is 4.98 Å². The Morgan fingerprint density at radius 3 is 1.95 bits per heavy atom. The van der Waals surface area contributed by atoms with E-state index >= 15 is 0 Å². The summed E-state index contributed by atoms with van der Waals surface area (Å²) >= 11 is 3.73. The molecule has 1 aromatic rings. The minimum Gasteiger partial charge on any atom is -0.350 e. The number of halogens is 1. The minimum absolute atomic E-state index is 0.707. The Kier molecular flexibility index (Phi) is 4.98. The molecule has 2 saturated carbocycles. The maximum absolute atomic E-state index is 4.71. The highest BCUT2D eigenvalue weighted by Crippen LogP contribution is 2.36. The Hall–Kier alpha value is -0.570. The first-order valence-electron chi connectivity index (χ1n) is 8.25. The summed E-state index contributed by atoms with van der Waals surface area (Å²) in [5.74, 6) is 1.19. The summed E-state index contributed by atoms with van der Waals surface area (Å²) in [4.78, 5) is 7.39. The molecule has 0 aromatic carbocycles. The van der Waals surface area contributed by atoms with Gasteiger partial charge in [-0.05, 0) is 53.7 Å². The third-order valence-electron chi connectivity index (χ3n) is 4.92. The fourth-order valence-electron chi connectivity index (χ4n) is 3.93. The van der Waals surface area contributed by atoms with Gasteiger partial charge in [0.1, 0.15) is 5.82 Å². The van der Waals surface area contributed by atoms with Gasteiger partial charge < -0.3 is 4.90 Å². The molecule has 0 N–H and O–H groups in total. The number of pyridine rings is 1. The third-order valence-corrected chi connectivity index (χ3v) is 5.54. The Labute approximate surface area is 131 Å². The molecular weight excluding hydrogens is 312 g/mol. The van der Waals surface area contributed by atoms with Crippen LogP contribution in [-0.4, -0.2) is 17.1 Å². The quantitative estimate of drug-likeness (QED) is 0.742. The van der Waals surface area contributed by atoms with E-state index in [9.17, 15) is 0 Å². The standard InChI is InChI=1S/C17H25BrN2/c18-16-12-7-13-19-17(16)20(14-8-3-1-4-9-14)15-10-5-2-6-11-15/h7,12-15H,1-6,8-11H2. The molecule has 110 valence electrons. The van der Waals surface area contributed by atoms with E-state index in [1.165, 1.54) is 70.0 Å². The topological polar surface area (TPSA) is 16.1 Å². The van der Waals surface area contributed by atoms with Gasteiger partial charge in [-0.25, -0.2) is 4.98 Å². The number of nitrogens with zero attached hydrogens (tertiary/aromatic N) is 2. The molecule has 2 nitrogen and oxygen atoms in total. The Balaban J connectivity index is 1.87. The van der Waals surface area contributed by atoms with E-state index in [-0.39, 0.29) is 0 Å². The second-order valence-corrected chi connectivity index (χ2v) is 7.15.